The molecule has 0 aromatic carbocycles. The molecular weight excluding hydrogens is 342 g/mol. The normalized spacial score (nSPS) is 16.8. The lowest BCUT2D eigenvalue weighted by Gasteiger charge is -2.33. The van der Waals surface area contributed by atoms with Crippen LogP contribution in [0.3, 0.4) is 0 Å². The fourth-order valence-electron chi connectivity index (χ4n) is 3.15. The number of rotatable bonds is 7. The Bertz CT molecular complexity index is 655. The fraction of sp³-hybridized carbons (Fsp3) is 0.647. The van der Waals surface area contributed by atoms with Crippen molar-refractivity contribution in [1.29, 1.82) is 0 Å². The molecule has 0 amide bonds. The van der Waals surface area contributed by atoms with Crippen molar-refractivity contribution < 1.29 is 9.26 Å². The molecule has 7 nitrogen and oxygen atoms in total. The first-order chi connectivity index (χ1) is 12.2. The molecule has 0 spiro atoms. The van der Waals surface area contributed by atoms with E-state index in [2.05, 4.69) is 31.9 Å². The third-order valence-electron chi connectivity index (χ3n) is 4.83. The van der Waals surface area contributed by atoms with Gasteiger partial charge in [-0.25, -0.2) is 9.97 Å². The van der Waals surface area contributed by atoms with Crippen molar-refractivity contribution >= 4 is 17.6 Å². The van der Waals surface area contributed by atoms with Crippen LogP contribution in [0.15, 0.2) is 16.9 Å². The zero-order valence-electron chi connectivity index (χ0n) is 14.7. The molecule has 0 N–H and O–H groups in total. The number of piperidine rings is 1. The van der Waals surface area contributed by atoms with E-state index in [0.29, 0.717) is 30.2 Å². The third-order valence-corrected chi connectivity index (χ3v) is 5.02. The first-order valence-electron chi connectivity index (χ1n) is 8.83. The Labute approximate surface area is 152 Å². The first kappa shape index (κ1) is 17.9. The predicted molar refractivity (Wildman–Crippen MR) is 94.9 cm³/mol. The van der Waals surface area contributed by atoms with E-state index >= 15 is 0 Å². The van der Waals surface area contributed by atoms with Crippen molar-refractivity contribution in [2.75, 3.05) is 24.6 Å². The fourth-order valence-corrected chi connectivity index (χ4v) is 3.25. The maximum absolute atomic E-state index is 5.70. The van der Waals surface area contributed by atoms with Gasteiger partial charge in [0.15, 0.2) is 11.6 Å². The number of nitrogens with zero attached hydrogens (tertiary/aromatic N) is 5. The van der Waals surface area contributed by atoms with Crippen LogP contribution in [0, 0.1) is 11.8 Å². The number of aryl methyl sites for hydroxylation is 1. The van der Waals surface area contributed by atoms with E-state index in [1.807, 2.05) is 6.92 Å². The second-order valence-corrected chi connectivity index (χ2v) is 6.81. The lowest BCUT2D eigenvalue weighted by atomic mass is 9.84. The monoisotopic (exact) mass is 365 g/mol. The summed E-state index contributed by atoms with van der Waals surface area (Å²) in [5.41, 5.74) is 0. The summed E-state index contributed by atoms with van der Waals surface area (Å²) in [7, 11) is 0. The minimum absolute atomic E-state index is 0.236. The second kappa shape index (κ2) is 8.47. The van der Waals surface area contributed by atoms with E-state index in [1.165, 1.54) is 0 Å². The molecule has 0 radical (unpaired) electrons. The zero-order valence-corrected chi connectivity index (χ0v) is 15.4. The number of ether oxygens (including phenoxy) is 1. The van der Waals surface area contributed by atoms with Gasteiger partial charge in [0, 0.05) is 19.5 Å². The molecule has 0 bridgehead atoms. The van der Waals surface area contributed by atoms with E-state index < -0.39 is 0 Å². The Balaban J connectivity index is 1.40. The van der Waals surface area contributed by atoms with Gasteiger partial charge in [0.25, 0.3) is 0 Å². The van der Waals surface area contributed by atoms with Crippen molar-refractivity contribution in [3.8, 4) is 5.75 Å². The Hall–Kier alpha value is -1.89. The molecule has 1 fully saturated rings. The van der Waals surface area contributed by atoms with Gasteiger partial charge in [0.2, 0.25) is 5.28 Å². The SMILES string of the molecule is CCc1noc(N2CCC([C@H](C)CCOc3cnc(Cl)nc3)CC2)n1. The molecular formula is C17H24ClN5O2. The molecule has 25 heavy (non-hydrogen) atoms. The van der Waals surface area contributed by atoms with Crippen molar-refractivity contribution in [2.45, 2.75) is 39.5 Å². The highest BCUT2D eigenvalue weighted by Crippen LogP contribution is 2.29. The molecule has 0 saturated carbocycles. The predicted octanol–water partition coefficient (Wildman–Crippen LogP) is 3.40. The van der Waals surface area contributed by atoms with E-state index in [0.717, 1.165) is 44.6 Å². The summed E-state index contributed by atoms with van der Waals surface area (Å²) in [5, 5.41) is 4.21. The van der Waals surface area contributed by atoms with Crippen LogP contribution in [-0.2, 0) is 6.42 Å². The molecule has 2 aromatic rings. The van der Waals surface area contributed by atoms with Crippen molar-refractivity contribution in [3.05, 3.63) is 23.5 Å². The van der Waals surface area contributed by atoms with Gasteiger partial charge < -0.3 is 14.2 Å². The number of hydrogen-bond acceptors (Lipinski definition) is 7. The van der Waals surface area contributed by atoms with Crippen LogP contribution in [0.4, 0.5) is 6.01 Å². The van der Waals surface area contributed by atoms with Gasteiger partial charge in [-0.15, -0.1) is 0 Å². The van der Waals surface area contributed by atoms with Gasteiger partial charge in [0.1, 0.15) is 0 Å². The van der Waals surface area contributed by atoms with Crippen LogP contribution in [0.25, 0.3) is 0 Å². The number of anilines is 1. The maximum atomic E-state index is 5.70. The van der Waals surface area contributed by atoms with Crippen LogP contribution < -0.4 is 9.64 Å². The molecule has 3 rings (SSSR count). The maximum Gasteiger partial charge on any atom is 0.324 e. The average Bonchev–Trinajstić information content (AvgIpc) is 3.13. The largest absolute Gasteiger partial charge is 0.490 e. The molecule has 1 aliphatic rings. The third kappa shape index (κ3) is 4.81. The van der Waals surface area contributed by atoms with Crippen molar-refractivity contribution in [2.24, 2.45) is 11.8 Å². The summed E-state index contributed by atoms with van der Waals surface area (Å²) in [5.74, 6) is 2.72. The topological polar surface area (TPSA) is 77.2 Å². The highest BCUT2D eigenvalue weighted by molar-refractivity contribution is 6.28. The molecule has 1 saturated heterocycles. The molecule has 3 heterocycles. The minimum atomic E-state index is 0.236. The van der Waals surface area contributed by atoms with Gasteiger partial charge in [-0.05, 0) is 42.7 Å². The van der Waals surface area contributed by atoms with Gasteiger partial charge in [-0.2, -0.15) is 4.98 Å². The van der Waals surface area contributed by atoms with E-state index in [-0.39, 0.29) is 5.28 Å². The summed E-state index contributed by atoms with van der Waals surface area (Å²) in [6.45, 7) is 6.92. The van der Waals surface area contributed by atoms with Crippen LogP contribution in [-0.4, -0.2) is 39.8 Å². The lowest BCUT2D eigenvalue weighted by molar-refractivity contribution is 0.219. The van der Waals surface area contributed by atoms with Crippen LogP contribution in [0.5, 0.6) is 5.75 Å². The lowest BCUT2D eigenvalue weighted by Crippen LogP contribution is -2.36. The van der Waals surface area contributed by atoms with Gasteiger partial charge in [-0.1, -0.05) is 19.0 Å². The number of halogens is 1. The Morgan fingerprint density at radius 1 is 1.32 bits per heavy atom. The highest BCUT2D eigenvalue weighted by atomic mass is 35.5. The van der Waals surface area contributed by atoms with Crippen LogP contribution in [0.2, 0.25) is 5.28 Å². The molecule has 1 atom stereocenters. The summed E-state index contributed by atoms with van der Waals surface area (Å²) < 4.78 is 11.0. The van der Waals surface area contributed by atoms with Gasteiger partial charge in [0.05, 0.1) is 19.0 Å². The minimum Gasteiger partial charge on any atom is -0.490 e. The Morgan fingerprint density at radius 3 is 2.68 bits per heavy atom. The zero-order chi connectivity index (χ0) is 17.6. The molecule has 136 valence electrons. The van der Waals surface area contributed by atoms with E-state index in [9.17, 15) is 0 Å². The van der Waals surface area contributed by atoms with Crippen LogP contribution >= 0.6 is 11.6 Å². The second-order valence-electron chi connectivity index (χ2n) is 6.47. The number of aromatic nitrogens is 4. The van der Waals surface area contributed by atoms with Gasteiger partial charge >= 0.3 is 6.01 Å². The summed E-state index contributed by atoms with van der Waals surface area (Å²) >= 11 is 5.67. The van der Waals surface area contributed by atoms with Crippen molar-refractivity contribution in [3.63, 3.8) is 0 Å². The Morgan fingerprint density at radius 2 is 2.04 bits per heavy atom. The van der Waals surface area contributed by atoms with E-state index in [4.69, 9.17) is 20.9 Å². The molecule has 0 aliphatic carbocycles. The van der Waals surface area contributed by atoms with E-state index in [1.54, 1.807) is 12.4 Å². The molecule has 0 unspecified atom stereocenters. The summed E-state index contributed by atoms with van der Waals surface area (Å²) in [6.07, 6.45) is 7.29. The highest BCUT2D eigenvalue weighted by Gasteiger charge is 2.26. The quantitative estimate of drug-likeness (QED) is 0.696. The van der Waals surface area contributed by atoms with Crippen LogP contribution in [0.1, 0.15) is 38.9 Å². The van der Waals surface area contributed by atoms with Gasteiger partial charge in [-0.3, -0.25) is 0 Å². The Kier molecular flexibility index (Phi) is 6.07. The first-order valence-corrected chi connectivity index (χ1v) is 9.21. The average molecular weight is 366 g/mol. The number of hydrogen-bond donors (Lipinski definition) is 0. The standard InChI is InChI=1S/C17H24ClN5O2/c1-3-15-21-17(25-22-15)23-7-4-13(5-8-23)12(2)6-9-24-14-10-19-16(18)20-11-14/h10-13H,3-9H2,1-2H3/t12-/m1/s1. The smallest absolute Gasteiger partial charge is 0.324 e. The summed E-state index contributed by atoms with van der Waals surface area (Å²) in [4.78, 5) is 14.4. The van der Waals surface area contributed by atoms with Crippen molar-refractivity contribution in [1.82, 2.24) is 20.1 Å². The molecule has 8 heteroatoms. The molecule has 1 aliphatic heterocycles. The molecule has 2 aromatic heterocycles. The summed E-state index contributed by atoms with van der Waals surface area (Å²) in [6, 6.07) is 0.661.